The van der Waals surface area contributed by atoms with Crippen molar-refractivity contribution in [1.29, 1.82) is 0 Å². The molecule has 0 N–H and O–H groups in total. The normalized spacial score (nSPS) is 13.9. The van der Waals surface area contributed by atoms with Crippen molar-refractivity contribution >= 4 is 7.25 Å². The molecule has 1 aliphatic rings. The van der Waals surface area contributed by atoms with E-state index < -0.39 is 7.25 Å². The Kier molecular flexibility index (Phi) is 4.99. The Morgan fingerprint density at radius 2 is 1.43 bits per heavy atom. The van der Waals surface area contributed by atoms with Crippen molar-refractivity contribution in [3.8, 4) is 11.3 Å². The Balaban J connectivity index is 0.000000282. The second-order valence-electron chi connectivity index (χ2n) is 4.82. The van der Waals surface area contributed by atoms with Crippen LogP contribution in [0.15, 0.2) is 46.9 Å². The minimum absolute atomic E-state index is 0.987. The van der Waals surface area contributed by atoms with E-state index in [1.165, 1.54) is 30.6 Å². The van der Waals surface area contributed by atoms with Gasteiger partial charge in [-0.2, -0.15) is 0 Å². The maximum atomic E-state index is 9.75. The summed E-state index contributed by atoms with van der Waals surface area (Å²) in [5, 5.41) is 0. The molecule has 0 atom stereocenters. The Labute approximate surface area is 120 Å². The number of aryl methyl sites for hydroxylation is 2. The van der Waals surface area contributed by atoms with E-state index in [0.717, 1.165) is 17.7 Å². The number of hydrogen-bond donors (Lipinski definition) is 0. The lowest BCUT2D eigenvalue weighted by Crippen LogP contribution is -2.02. The number of benzene rings is 1. The average molecular weight is 298 g/mol. The van der Waals surface area contributed by atoms with Crippen molar-refractivity contribution in [3.63, 3.8) is 0 Å². The highest BCUT2D eigenvalue weighted by Gasteiger charge is 2.22. The van der Waals surface area contributed by atoms with Gasteiger partial charge in [-0.05, 0) is 37.5 Å². The molecule has 3 rings (SSSR count). The molecular weight excluding hydrogens is 283 g/mol. The van der Waals surface area contributed by atoms with Crippen LogP contribution in [-0.4, -0.2) is 7.25 Å². The molecule has 0 radical (unpaired) electrons. The highest BCUT2D eigenvalue weighted by molar-refractivity contribution is 6.50. The van der Waals surface area contributed by atoms with Gasteiger partial charge in [0.1, 0.15) is 0 Å². The number of rotatable bonds is 1. The molecule has 0 bridgehead atoms. The van der Waals surface area contributed by atoms with Crippen molar-refractivity contribution in [2.45, 2.75) is 25.7 Å². The Bertz CT molecular complexity index is 578. The molecule has 0 unspecified atom stereocenters. The first kappa shape index (κ1) is 15.5. The molecule has 1 aliphatic carbocycles. The summed E-state index contributed by atoms with van der Waals surface area (Å²) in [6, 6.07) is 14.6. The van der Waals surface area contributed by atoms with E-state index >= 15 is 0 Å². The summed E-state index contributed by atoms with van der Waals surface area (Å²) >= 11 is 0. The van der Waals surface area contributed by atoms with Gasteiger partial charge in [0, 0.05) is 6.07 Å². The summed E-state index contributed by atoms with van der Waals surface area (Å²) in [6.45, 7) is 0. The van der Waals surface area contributed by atoms with Crippen LogP contribution in [0.5, 0.6) is 0 Å². The van der Waals surface area contributed by atoms with Gasteiger partial charge in [0.2, 0.25) is 0 Å². The van der Waals surface area contributed by atoms with E-state index in [-0.39, 0.29) is 0 Å². The van der Waals surface area contributed by atoms with Crippen LogP contribution >= 0.6 is 0 Å². The quantitative estimate of drug-likeness (QED) is 0.389. The first-order valence-corrected chi connectivity index (χ1v) is 6.81. The van der Waals surface area contributed by atoms with Crippen LogP contribution in [0.3, 0.4) is 0 Å². The molecule has 6 heteroatoms. The number of hydrogen-bond acceptors (Lipinski definition) is 0. The zero-order chi connectivity index (χ0) is 15.3. The van der Waals surface area contributed by atoms with E-state index in [1.54, 1.807) is 0 Å². The predicted octanol–water partition coefficient (Wildman–Crippen LogP) is 5.41. The summed E-state index contributed by atoms with van der Waals surface area (Å²) in [6.07, 6.45) is 4.83. The van der Waals surface area contributed by atoms with Gasteiger partial charge in [-0.3, -0.25) is 0 Å². The highest BCUT2D eigenvalue weighted by Crippen LogP contribution is 2.27. The van der Waals surface area contributed by atoms with Crippen molar-refractivity contribution in [2.24, 2.45) is 0 Å². The van der Waals surface area contributed by atoms with E-state index in [4.69, 9.17) is 4.42 Å². The SMILES string of the molecule is F[B-](F)(F)F.c1ccc(-c2ccc3c([o+]2)CCCC3)cc1. The fourth-order valence-electron chi connectivity index (χ4n) is 2.29. The van der Waals surface area contributed by atoms with Gasteiger partial charge in [-0.1, -0.05) is 18.2 Å². The average Bonchev–Trinajstić information content (AvgIpc) is 2.46. The lowest BCUT2D eigenvalue weighted by atomic mass is 9.97. The van der Waals surface area contributed by atoms with Gasteiger partial charge < -0.3 is 17.3 Å². The van der Waals surface area contributed by atoms with Crippen LogP contribution in [0.1, 0.15) is 24.2 Å². The molecule has 0 spiro atoms. The third-order valence-corrected chi connectivity index (χ3v) is 3.19. The summed E-state index contributed by atoms with van der Waals surface area (Å²) in [5.74, 6) is 2.17. The molecule has 21 heavy (non-hydrogen) atoms. The van der Waals surface area contributed by atoms with E-state index in [1.807, 2.05) is 18.2 Å². The van der Waals surface area contributed by atoms with Crippen LogP contribution in [0.2, 0.25) is 0 Å². The second-order valence-corrected chi connectivity index (χ2v) is 4.82. The summed E-state index contributed by atoms with van der Waals surface area (Å²) in [5.41, 5.74) is 2.56. The topological polar surface area (TPSA) is 11.3 Å². The molecule has 0 saturated carbocycles. The van der Waals surface area contributed by atoms with Crippen LogP contribution in [0, 0.1) is 0 Å². The molecule has 0 aliphatic heterocycles. The molecule has 1 aromatic carbocycles. The van der Waals surface area contributed by atoms with Crippen LogP contribution in [-0.2, 0) is 12.8 Å². The molecule has 0 amide bonds. The Morgan fingerprint density at radius 3 is 2.10 bits per heavy atom. The predicted molar refractivity (Wildman–Crippen MR) is 75.4 cm³/mol. The van der Waals surface area contributed by atoms with Crippen LogP contribution in [0.25, 0.3) is 11.3 Å². The maximum absolute atomic E-state index is 9.75. The fraction of sp³-hybridized carbons (Fsp3) is 0.267. The molecule has 1 heterocycles. The largest absolute Gasteiger partial charge is 0.673 e. The highest BCUT2D eigenvalue weighted by atomic mass is 19.5. The molecule has 0 fully saturated rings. The van der Waals surface area contributed by atoms with Crippen LogP contribution in [0.4, 0.5) is 17.3 Å². The third kappa shape index (κ3) is 5.21. The zero-order valence-electron chi connectivity index (χ0n) is 11.4. The van der Waals surface area contributed by atoms with Crippen molar-refractivity contribution < 1.29 is 21.7 Å². The lowest BCUT2D eigenvalue weighted by Gasteiger charge is -2.06. The standard InChI is InChI=1S/C15H15O.BF4/c1-2-6-12(7-3-1)15-11-10-13-8-4-5-9-14(13)16-15;2-1(3,4)5/h1-3,6-7,10-11H,4-5,8-9H2;/q+1;-1. The van der Waals surface area contributed by atoms with E-state index in [2.05, 4.69) is 24.3 Å². The molecule has 1 aromatic heterocycles. The second kappa shape index (κ2) is 6.74. The summed E-state index contributed by atoms with van der Waals surface area (Å²) in [7, 11) is -6.00. The van der Waals surface area contributed by atoms with Gasteiger partial charge in [-0.15, -0.1) is 0 Å². The first-order valence-electron chi connectivity index (χ1n) is 6.81. The smallest absolute Gasteiger partial charge is 0.418 e. The van der Waals surface area contributed by atoms with Gasteiger partial charge in [0.25, 0.3) is 0 Å². The molecular formula is C15H15BF4O. The van der Waals surface area contributed by atoms with Gasteiger partial charge in [-0.25, -0.2) is 4.42 Å². The van der Waals surface area contributed by atoms with Crippen LogP contribution < -0.4 is 0 Å². The summed E-state index contributed by atoms with van der Waals surface area (Å²) in [4.78, 5) is 0. The number of fused-ring (bicyclic) bond motifs is 1. The summed E-state index contributed by atoms with van der Waals surface area (Å²) < 4.78 is 45.0. The van der Waals surface area contributed by atoms with Gasteiger partial charge in [0.15, 0.2) is 0 Å². The fourth-order valence-corrected chi connectivity index (χ4v) is 2.29. The lowest BCUT2D eigenvalue weighted by molar-refractivity contribution is 0.368. The van der Waals surface area contributed by atoms with E-state index in [0.29, 0.717) is 0 Å². The Morgan fingerprint density at radius 1 is 0.810 bits per heavy atom. The monoisotopic (exact) mass is 298 g/mol. The molecule has 0 saturated heterocycles. The minimum Gasteiger partial charge on any atom is -0.418 e. The third-order valence-electron chi connectivity index (χ3n) is 3.19. The molecule has 112 valence electrons. The van der Waals surface area contributed by atoms with Crippen molar-refractivity contribution in [2.75, 3.05) is 0 Å². The van der Waals surface area contributed by atoms with Gasteiger partial charge >= 0.3 is 18.8 Å². The maximum Gasteiger partial charge on any atom is 0.673 e. The number of halogens is 4. The first-order chi connectivity index (χ1) is 9.93. The van der Waals surface area contributed by atoms with Crippen molar-refractivity contribution in [1.82, 2.24) is 0 Å². The molecule has 1 nitrogen and oxygen atoms in total. The zero-order valence-corrected chi connectivity index (χ0v) is 11.4. The molecule has 2 aromatic rings. The van der Waals surface area contributed by atoms with Crippen molar-refractivity contribution in [3.05, 3.63) is 53.8 Å². The minimum atomic E-state index is -6.00. The van der Waals surface area contributed by atoms with E-state index in [9.17, 15) is 17.3 Å². The Hall–Kier alpha value is -1.85. The van der Waals surface area contributed by atoms with Gasteiger partial charge in [0.05, 0.1) is 17.5 Å².